The van der Waals surface area contributed by atoms with E-state index in [9.17, 15) is 9.59 Å². The lowest BCUT2D eigenvalue weighted by Gasteiger charge is -2.33. The second kappa shape index (κ2) is 7.81. The van der Waals surface area contributed by atoms with E-state index in [2.05, 4.69) is 18.8 Å². The Bertz CT molecular complexity index is 331. The van der Waals surface area contributed by atoms with Gasteiger partial charge in [0.1, 0.15) is 6.54 Å². The van der Waals surface area contributed by atoms with Gasteiger partial charge in [0.2, 0.25) is 0 Å². The largest absolute Gasteiger partial charge is 0.480 e. The fraction of sp³-hybridized carbons (Fsp3) is 0.714. The fourth-order valence-electron chi connectivity index (χ4n) is 2.67. The van der Waals surface area contributed by atoms with Crippen LogP contribution in [0.4, 0.5) is 4.79 Å². The molecule has 2 atom stereocenters. The van der Waals surface area contributed by atoms with Crippen LogP contribution in [0.25, 0.3) is 0 Å². The standard InChI is InChI=1S/C14H24N2O3/c1-3-9-16(10-13(17)18)14(19)15-12-8-6-5-7-11(12)4-2/h3,11-12H,1,4-10H2,2H3,(H,15,19)(H,17,18). The van der Waals surface area contributed by atoms with Gasteiger partial charge >= 0.3 is 12.0 Å². The lowest BCUT2D eigenvalue weighted by molar-refractivity contribution is -0.137. The minimum atomic E-state index is -1.01. The highest BCUT2D eigenvalue weighted by atomic mass is 16.4. The number of rotatable bonds is 6. The van der Waals surface area contributed by atoms with Gasteiger partial charge in [0.25, 0.3) is 0 Å². The van der Waals surface area contributed by atoms with Crippen LogP contribution in [0.15, 0.2) is 12.7 Å². The van der Waals surface area contributed by atoms with Crippen LogP contribution >= 0.6 is 0 Å². The maximum atomic E-state index is 12.1. The Balaban J connectivity index is 2.58. The zero-order valence-electron chi connectivity index (χ0n) is 11.6. The molecule has 0 heterocycles. The molecule has 2 amide bonds. The number of nitrogens with one attached hydrogen (secondary N) is 1. The van der Waals surface area contributed by atoms with Gasteiger partial charge in [0.15, 0.2) is 0 Å². The molecule has 1 saturated carbocycles. The normalized spacial score (nSPS) is 22.6. The maximum absolute atomic E-state index is 12.1. The van der Waals surface area contributed by atoms with Crippen molar-refractivity contribution in [2.24, 2.45) is 5.92 Å². The van der Waals surface area contributed by atoms with E-state index in [1.54, 1.807) is 6.08 Å². The summed E-state index contributed by atoms with van der Waals surface area (Å²) in [7, 11) is 0. The first-order valence-electron chi connectivity index (χ1n) is 6.96. The molecule has 0 aromatic rings. The molecule has 5 nitrogen and oxygen atoms in total. The second-order valence-corrected chi connectivity index (χ2v) is 5.07. The Kier molecular flexibility index (Phi) is 6.39. The quantitative estimate of drug-likeness (QED) is 0.726. The summed E-state index contributed by atoms with van der Waals surface area (Å²) in [5.74, 6) is -0.499. The van der Waals surface area contributed by atoms with Gasteiger partial charge in [-0.3, -0.25) is 4.79 Å². The van der Waals surface area contributed by atoms with Crippen LogP contribution in [-0.4, -0.2) is 41.1 Å². The number of carbonyl (C=O) groups is 2. The SMILES string of the molecule is C=CCN(CC(=O)O)C(=O)NC1CCCCC1CC. The number of carbonyl (C=O) groups excluding carboxylic acids is 1. The molecule has 2 unspecified atom stereocenters. The number of urea groups is 1. The third kappa shape index (κ3) is 4.93. The highest BCUT2D eigenvalue weighted by Gasteiger charge is 2.27. The Morgan fingerprint density at radius 1 is 1.42 bits per heavy atom. The topological polar surface area (TPSA) is 69.6 Å². The first-order valence-corrected chi connectivity index (χ1v) is 6.96. The number of aliphatic carboxylic acids is 1. The first kappa shape index (κ1) is 15.5. The van der Waals surface area contributed by atoms with Gasteiger partial charge in [0.05, 0.1) is 0 Å². The number of amides is 2. The van der Waals surface area contributed by atoms with Gasteiger partial charge < -0.3 is 15.3 Å². The summed E-state index contributed by atoms with van der Waals surface area (Å²) in [6, 6.07) is -0.125. The first-order chi connectivity index (χ1) is 9.08. The fourth-order valence-corrected chi connectivity index (χ4v) is 2.67. The molecule has 2 N–H and O–H groups in total. The molecule has 0 aliphatic heterocycles. The van der Waals surface area contributed by atoms with Crippen LogP contribution < -0.4 is 5.32 Å². The van der Waals surface area contributed by atoms with Gasteiger partial charge in [-0.05, 0) is 18.8 Å². The van der Waals surface area contributed by atoms with Crippen molar-refractivity contribution in [1.82, 2.24) is 10.2 Å². The maximum Gasteiger partial charge on any atom is 0.323 e. The molecule has 1 fully saturated rings. The van der Waals surface area contributed by atoms with Crippen LogP contribution in [0, 0.1) is 5.92 Å². The van der Waals surface area contributed by atoms with Crippen molar-refractivity contribution in [3.63, 3.8) is 0 Å². The predicted molar refractivity (Wildman–Crippen MR) is 74.0 cm³/mol. The van der Waals surface area contributed by atoms with E-state index < -0.39 is 5.97 Å². The van der Waals surface area contributed by atoms with Gasteiger partial charge in [-0.25, -0.2) is 4.79 Å². The van der Waals surface area contributed by atoms with E-state index in [4.69, 9.17) is 5.11 Å². The third-order valence-corrected chi connectivity index (χ3v) is 3.71. The van der Waals surface area contributed by atoms with Gasteiger partial charge in [-0.1, -0.05) is 32.3 Å². The lowest BCUT2D eigenvalue weighted by atomic mass is 9.83. The van der Waals surface area contributed by atoms with E-state index in [1.807, 2.05) is 0 Å². The van der Waals surface area contributed by atoms with Crippen LogP contribution in [0.3, 0.4) is 0 Å². The minimum absolute atomic E-state index is 0.173. The lowest BCUT2D eigenvalue weighted by Crippen LogP contribution is -2.49. The number of carboxylic acid groups (broad SMARTS) is 1. The Hall–Kier alpha value is -1.52. The molecule has 0 aromatic carbocycles. The van der Waals surface area contributed by atoms with Crippen molar-refractivity contribution < 1.29 is 14.7 Å². The van der Waals surface area contributed by atoms with Crippen molar-refractivity contribution >= 4 is 12.0 Å². The van der Waals surface area contributed by atoms with Gasteiger partial charge in [-0.15, -0.1) is 6.58 Å². The van der Waals surface area contributed by atoms with E-state index in [0.717, 1.165) is 25.7 Å². The number of nitrogens with zero attached hydrogens (tertiary/aromatic N) is 1. The summed E-state index contributed by atoms with van der Waals surface area (Å²) in [5, 5.41) is 11.8. The summed E-state index contributed by atoms with van der Waals surface area (Å²) in [4.78, 5) is 24.1. The average molecular weight is 268 g/mol. The van der Waals surface area contributed by atoms with Crippen molar-refractivity contribution in [2.45, 2.75) is 45.1 Å². The Labute approximate surface area is 114 Å². The molecule has 5 heteroatoms. The van der Waals surface area contributed by atoms with Gasteiger partial charge in [-0.2, -0.15) is 0 Å². The van der Waals surface area contributed by atoms with Crippen molar-refractivity contribution in [3.05, 3.63) is 12.7 Å². The zero-order chi connectivity index (χ0) is 14.3. The van der Waals surface area contributed by atoms with Crippen LogP contribution in [0.2, 0.25) is 0 Å². The minimum Gasteiger partial charge on any atom is -0.480 e. The number of carboxylic acids is 1. The summed E-state index contributed by atoms with van der Waals surface area (Å²) in [5.41, 5.74) is 0. The van der Waals surface area contributed by atoms with Crippen molar-refractivity contribution in [3.8, 4) is 0 Å². The molecule has 0 saturated heterocycles. The molecule has 0 radical (unpaired) electrons. The zero-order valence-corrected chi connectivity index (χ0v) is 11.6. The molecule has 0 bridgehead atoms. The van der Waals surface area contributed by atoms with Gasteiger partial charge in [0, 0.05) is 12.6 Å². The molecule has 1 aliphatic rings. The highest BCUT2D eigenvalue weighted by molar-refractivity contribution is 5.80. The third-order valence-electron chi connectivity index (χ3n) is 3.71. The van der Waals surface area contributed by atoms with Crippen molar-refractivity contribution in [1.29, 1.82) is 0 Å². The Morgan fingerprint density at radius 2 is 2.11 bits per heavy atom. The smallest absolute Gasteiger partial charge is 0.323 e. The van der Waals surface area contributed by atoms with E-state index in [0.29, 0.717) is 5.92 Å². The molecule has 1 aliphatic carbocycles. The second-order valence-electron chi connectivity index (χ2n) is 5.07. The summed E-state index contributed by atoms with van der Waals surface area (Å²) < 4.78 is 0. The molecule has 19 heavy (non-hydrogen) atoms. The molecule has 0 aromatic heterocycles. The molecule has 0 spiro atoms. The summed E-state index contributed by atoms with van der Waals surface area (Å²) in [6.45, 7) is 5.65. The van der Waals surface area contributed by atoms with Crippen molar-refractivity contribution in [2.75, 3.05) is 13.1 Å². The van der Waals surface area contributed by atoms with E-state index in [-0.39, 0.29) is 25.2 Å². The number of hydrogen-bond acceptors (Lipinski definition) is 2. The summed E-state index contributed by atoms with van der Waals surface area (Å²) >= 11 is 0. The Morgan fingerprint density at radius 3 is 2.68 bits per heavy atom. The van der Waals surface area contributed by atoms with E-state index >= 15 is 0 Å². The number of hydrogen-bond donors (Lipinski definition) is 2. The molecular weight excluding hydrogens is 244 g/mol. The molecule has 1 rings (SSSR count). The van der Waals surface area contributed by atoms with Crippen LogP contribution in [0.5, 0.6) is 0 Å². The van der Waals surface area contributed by atoms with Crippen LogP contribution in [-0.2, 0) is 4.79 Å². The average Bonchev–Trinajstić information content (AvgIpc) is 2.38. The summed E-state index contributed by atoms with van der Waals surface area (Å²) in [6.07, 6.45) is 7.06. The van der Waals surface area contributed by atoms with Crippen LogP contribution in [0.1, 0.15) is 39.0 Å². The molecular formula is C14H24N2O3. The monoisotopic (exact) mass is 268 g/mol. The highest BCUT2D eigenvalue weighted by Crippen LogP contribution is 2.26. The molecule has 108 valence electrons. The van der Waals surface area contributed by atoms with E-state index in [1.165, 1.54) is 11.3 Å². The predicted octanol–water partition coefficient (Wildman–Crippen LogP) is 2.24.